The largest absolute Gasteiger partial charge is 0.303 e. The molecule has 0 unspecified atom stereocenters. The minimum atomic E-state index is 0.250. The van der Waals surface area contributed by atoms with Crippen molar-refractivity contribution in [3.8, 4) is 0 Å². The van der Waals surface area contributed by atoms with E-state index in [4.69, 9.17) is 0 Å². The van der Waals surface area contributed by atoms with Crippen molar-refractivity contribution in [2.45, 2.75) is 33.6 Å². The molecular weight excluding hydrogens is 112 g/mol. The second kappa shape index (κ2) is 4.54. The zero-order chi connectivity index (χ0) is 7.28. The lowest BCUT2D eigenvalue weighted by Gasteiger charge is -2.08. The highest BCUT2D eigenvalue weighted by atomic mass is 16.1. The van der Waals surface area contributed by atoms with E-state index < -0.39 is 0 Å². The van der Waals surface area contributed by atoms with Crippen molar-refractivity contribution >= 4 is 6.29 Å². The van der Waals surface area contributed by atoms with Crippen LogP contribution in [0.2, 0.25) is 0 Å². The minimum absolute atomic E-state index is 0.250. The summed E-state index contributed by atoms with van der Waals surface area (Å²) < 4.78 is 0. The van der Waals surface area contributed by atoms with Crippen molar-refractivity contribution in [2.75, 3.05) is 0 Å². The Kier molecular flexibility index (Phi) is 4.37. The van der Waals surface area contributed by atoms with E-state index >= 15 is 0 Å². The molecule has 0 amide bonds. The van der Waals surface area contributed by atoms with Gasteiger partial charge in [-0.15, -0.1) is 0 Å². The van der Waals surface area contributed by atoms with Gasteiger partial charge in [-0.3, -0.25) is 0 Å². The van der Waals surface area contributed by atoms with Gasteiger partial charge < -0.3 is 4.79 Å². The Morgan fingerprint density at radius 1 is 1.44 bits per heavy atom. The van der Waals surface area contributed by atoms with Gasteiger partial charge >= 0.3 is 0 Å². The van der Waals surface area contributed by atoms with E-state index in [0.29, 0.717) is 5.92 Å². The maximum Gasteiger partial charge on any atom is 0.122 e. The van der Waals surface area contributed by atoms with Crippen molar-refractivity contribution in [3.63, 3.8) is 0 Å². The third kappa shape index (κ3) is 4.19. The van der Waals surface area contributed by atoms with E-state index in [2.05, 4.69) is 13.8 Å². The third-order valence-electron chi connectivity index (χ3n) is 1.70. The zero-order valence-electron chi connectivity index (χ0n) is 6.55. The molecule has 0 aromatic rings. The van der Waals surface area contributed by atoms with Gasteiger partial charge in [-0.1, -0.05) is 27.2 Å². The Hall–Kier alpha value is -0.330. The molecule has 9 heavy (non-hydrogen) atoms. The van der Waals surface area contributed by atoms with Gasteiger partial charge in [-0.05, 0) is 12.3 Å². The third-order valence-corrected chi connectivity index (χ3v) is 1.70. The molecule has 0 aromatic heterocycles. The summed E-state index contributed by atoms with van der Waals surface area (Å²) in [6.45, 7) is 6.31. The summed E-state index contributed by atoms with van der Waals surface area (Å²) in [6, 6.07) is 0. The Balaban J connectivity index is 3.33. The normalized spacial score (nSPS) is 16.8. The lowest BCUT2D eigenvalue weighted by Crippen LogP contribution is -2.02. The molecule has 0 bridgehead atoms. The second-order valence-electron chi connectivity index (χ2n) is 2.86. The van der Waals surface area contributed by atoms with Crippen molar-refractivity contribution in [2.24, 2.45) is 11.8 Å². The molecule has 0 aromatic carbocycles. The molecule has 0 saturated heterocycles. The van der Waals surface area contributed by atoms with Crippen molar-refractivity contribution in [1.82, 2.24) is 0 Å². The van der Waals surface area contributed by atoms with Gasteiger partial charge in [0.15, 0.2) is 0 Å². The first-order valence-electron chi connectivity index (χ1n) is 3.66. The molecule has 1 heteroatoms. The standard InChI is InChI=1S/C8H16O/c1-4-7(2)5-8(3)6-9/h6-8H,4-5H2,1-3H3/t7-,8-/m0/s1. The van der Waals surface area contributed by atoms with Crippen LogP contribution in [0.15, 0.2) is 0 Å². The summed E-state index contributed by atoms with van der Waals surface area (Å²) in [5, 5.41) is 0. The molecule has 0 N–H and O–H groups in total. The first-order chi connectivity index (χ1) is 4.20. The fourth-order valence-corrected chi connectivity index (χ4v) is 0.857. The van der Waals surface area contributed by atoms with Gasteiger partial charge in [0.1, 0.15) is 6.29 Å². The highest BCUT2D eigenvalue weighted by molar-refractivity contribution is 5.52. The molecule has 0 saturated carbocycles. The molecule has 0 rings (SSSR count). The van der Waals surface area contributed by atoms with Crippen LogP contribution in [0.1, 0.15) is 33.6 Å². The highest BCUT2D eigenvalue weighted by Gasteiger charge is 2.04. The highest BCUT2D eigenvalue weighted by Crippen LogP contribution is 2.12. The first kappa shape index (κ1) is 8.67. The van der Waals surface area contributed by atoms with Crippen LogP contribution in [0.3, 0.4) is 0 Å². The molecule has 0 heterocycles. The summed E-state index contributed by atoms with van der Waals surface area (Å²) in [6.07, 6.45) is 3.25. The smallest absolute Gasteiger partial charge is 0.122 e. The summed E-state index contributed by atoms with van der Waals surface area (Å²) in [5.41, 5.74) is 0. The van der Waals surface area contributed by atoms with E-state index in [9.17, 15) is 4.79 Å². The van der Waals surface area contributed by atoms with Crippen molar-refractivity contribution < 1.29 is 4.79 Å². The fourth-order valence-electron chi connectivity index (χ4n) is 0.857. The monoisotopic (exact) mass is 128 g/mol. The van der Waals surface area contributed by atoms with Crippen LogP contribution >= 0.6 is 0 Å². The van der Waals surface area contributed by atoms with E-state index in [1.54, 1.807) is 0 Å². The summed E-state index contributed by atoms with van der Waals surface area (Å²) in [4.78, 5) is 10.2. The lowest BCUT2D eigenvalue weighted by molar-refractivity contribution is -0.111. The molecule has 0 aliphatic carbocycles. The van der Waals surface area contributed by atoms with Crippen LogP contribution in [-0.4, -0.2) is 6.29 Å². The van der Waals surface area contributed by atoms with E-state index in [1.165, 1.54) is 6.42 Å². The number of carbonyl (C=O) groups excluding carboxylic acids is 1. The van der Waals surface area contributed by atoms with Crippen LogP contribution in [-0.2, 0) is 4.79 Å². The predicted molar refractivity (Wildman–Crippen MR) is 39.3 cm³/mol. The second-order valence-corrected chi connectivity index (χ2v) is 2.86. The molecule has 0 aliphatic rings. The molecule has 2 atom stereocenters. The quantitative estimate of drug-likeness (QED) is 0.531. The molecule has 1 nitrogen and oxygen atoms in total. The average Bonchev–Trinajstić information content (AvgIpc) is 1.87. The van der Waals surface area contributed by atoms with Crippen LogP contribution < -0.4 is 0 Å². The van der Waals surface area contributed by atoms with Crippen LogP contribution in [0, 0.1) is 11.8 Å². The number of hydrogen-bond acceptors (Lipinski definition) is 1. The first-order valence-corrected chi connectivity index (χ1v) is 3.66. The average molecular weight is 128 g/mol. The maximum atomic E-state index is 10.2. The summed E-state index contributed by atoms with van der Waals surface area (Å²) in [5.74, 6) is 0.949. The summed E-state index contributed by atoms with van der Waals surface area (Å²) in [7, 11) is 0. The van der Waals surface area contributed by atoms with E-state index in [0.717, 1.165) is 12.7 Å². The Morgan fingerprint density at radius 3 is 2.33 bits per heavy atom. The Morgan fingerprint density at radius 2 is 2.00 bits per heavy atom. The van der Waals surface area contributed by atoms with Crippen LogP contribution in [0.5, 0.6) is 0 Å². The van der Waals surface area contributed by atoms with Gasteiger partial charge in [0, 0.05) is 5.92 Å². The van der Waals surface area contributed by atoms with Gasteiger partial charge in [-0.2, -0.15) is 0 Å². The Bertz CT molecular complexity index is 78.6. The number of carbonyl (C=O) groups is 1. The van der Waals surface area contributed by atoms with Gasteiger partial charge in [-0.25, -0.2) is 0 Å². The SMILES string of the molecule is CC[C@H](C)C[C@H](C)C=O. The van der Waals surface area contributed by atoms with Crippen LogP contribution in [0.4, 0.5) is 0 Å². The predicted octanol–water partition coefficient (Wildman–Crippen LogP) is 2.26. The van der Waals surface area contributed by atoms with Crippen LogP contribution in [0.25, 0.3) is 0 Å². The van der Waals surface area contributed by atoms with Gasteiger partial charge in [0.2, 0.25) is 0 Å². The molecule has 0 aliphatic heterocycles. The zero-order valence-corrected chi connectivity index (χ0v) is 6.55. The molecule has 0 fully saturated rings. The molecule has 0 spiro atoms. The number of aldehydes is 1. The number of hydrogen-bond donors (Lipinski definition) is 0. The number of rotatable bonds is 4. The minimum Gasteiger partial charge on any atom is -0.303 e. The Labute approximate surface area is 57.5 Å². The topological polar surface area (TPSA) is 17.1 Å². The van der Waals surface area contributed by atoms with Crippen molar-refractivity contribution in [1.29, 1.82) is 0 Å². The lowest BCUT2D eigenvalue weighted by atomic mass is 9.97. The molecular formula is C8H16O. The fraction of sp³-hybridized carbons (Fsp3) is 0.875. The van der Waals surface area contributed by atoms with Gasteiger partial charge in [0.25, 0.3) is 0 Å². The molecule has 0 radical (unpaired) electrons. The van der Waals surface area contributed by atoms with Gasteiger partial charge in [0.05, 0.1) is 0 Å². The van der Waals surface area contributed by atoms with E-state index in [1.807, 2.05) is 6.92 Å². The van der Waals surface area contributed by atoms with Crippen molar-refractivity contribution in [3.05, 3.63) is 0 Å². The summed E-state index contributed by atoms with van der Waals surface area (Å²) >= 11 is 0. The van der Waals surface area contributed by atoms with E-state index in [-0.39, 0.29) is 5.92 Å². The molecule has 54 valence electrons. The maximum absolute atomic E-state index is 10.2.